The highest BCUT2D eigenvalue weighted by atomic mass is 28.5. The molecule has 3 rings (SSSR count). The molecule has 60 heavy (non-hydrogen) atoms. The molecule has 0 amide bonds. The Balaban J connectivity index is 1.54. The van der Waals surface area contributed by atoms with E-state index in [1.807, 2.05) is 105 Å². The maximum atomic E-state index is 6.93. The number of hydrogen-bond acceptors (Lipinski definition) is 19. The Morgan fingerprint density at radius 3 is 0.950 bits per heavy atom. The van der Waals surface area contributed by atoms with Crippen LogP contribution < -0.4 is 0 Å². The van der Waals surface area contributed by atoms with Crippen molar-refractivity contribution < 1.29 is 78.2 Å². The summed E-state index contributed by atoms with van der Waals surface area (Å²) in [5.41, 5.74) is 0. The van der Waals surface area contributed by atoms with Crippen LogP contribution in [0.5, 0.6) is 0 Å². The molecule has 0 aromatic rings. The van der Waals surface area contributed by atoms with Crippen LogP contribution in [0.1, 0.15) is 0 Å². The third kappa shape index (κ3) is 22.5. The van der Waals surface area contributed by atoms with Crippen molar-refractivity contribution in [2.75, 3.05) is 0 Å². The van der Waals surface area contributed by atoms with Gasteiger partial charge in [0.05, 0.1) is 0 Å². The first kappa shape index (κ1) is 57.5. The van der Waals surface area contributed by atoms with Crippen LogP contribution in [0.2, 0.25) is 150 Å². The van der Waals surface area contributed by atoms with Crippen LogP contribution in [0.4, 0.5) is 0 Å². The van der Waals surface area contributed by atoms with Crippen molar-refractivity contribution in [2.24, 2.45) is 0 Å². The summed E-state index contributed by atoms with van der Waals surface area (Å²) in [4.78, 5) is 0. The van der Waals surface area contributed by atoms with Gasteiger partial charge in [0.15, 0.2) is 8.32 Å². The van der Waals surface area contributed by atoms with Gasteiger partial charge >= 0.3 is 136 Å². The summed E-state index contributed by atoms with van der Waals surface area (Å²) in [6, 6.07) is 1.59. The molecule has 0 spiro atoms. The summed E-state index contributed by atoms with van der Waals surface area (Å²) >= 11 is 0. The first-order valence-corrected chi connectivity index (χ1v) is 60.8. The summed E-state index contributed by atoms with van der Waals surface area (Å²) in [6.45, 7) is 42.7. The lowest BCUT2D eigenvalue weighted by atomic mass is 10.9. The summed E-state index contributed by atoms with van der Waals surface area (Å²) in [6.07, 6.45) is 0. The van der Waals surface area contributed by atoms with Crippen molar-refractivity contribution >= 4 is 163 Å². The Morgan fingerprint density at radius 2 is 0.650 bits per heavy atom. The molecule has 3 radical (unpaired) electrons. The van der Waals surface area contributed by atoms with Crippen molar-refractivity contribution in [1.29, 1.82) is 0 Å². The van der Waals surface area contributed by atoms with Gasteiger partial charge in [-0.25, -0.2) is 0 Å². The quantitative estimate of drug-likeness (QED) is 0.194. The monoisotopic (exact) mass is 1160 g/mol. The zero-order valence-corrected chi connectivity index (χ0v) is 59.0. The molecule has 0 saturated carbocycles. The van der Waals surface area contributed by atoms with E-state index in [4.69, 9.17) is 78.2 Å². The number of hydrogen-bond donors (Lipinski definition) is 0. The van der Waals surface area contributed by atoms with Crippen LogP contribution in [0.25, 0.3) is 0 Å². The lowest BCUT2D eigenvalue weighted by Crippen LogP contribution is -2.60. The van der Waals surface area contributed by atoms with Gasteiger partial charge in [-0.3, -0.25) is 0 Å². The van der Waals surface area contributed by atoms with Crippen LogP contribution in [-0.4, -0.2) is 163 Å². The highest BCUT2D eigenvalue weighted by Crippen LogP contribution is 2.31. The summed E-state index contributed by atoms with van der Waals surface area (Å²) in [7, 11) is -40.7. The Bertz CT molecular complexity index is 1290. The second kappa shape index (κ2) is 23.6. The lowest BCUT2D eigenvalue weighted by Gasteiger charge is -2.42. The first-order chi connectivity index (χ1) is 27.1. The predicted molar refractivity (Wildman–Crippen MR) is 268 cm³/mol. The minimum atomic E-state index is -2.84. The van der Waals surface area contributed by atoms with Crippen molar-refractivity contribution in [3.8, 4) is 0 Å². The molecule has 19 nitrogen and oxygen atoms in total. The van der Waals surface area contributed by atoms with Crippen LogP contribution in [0, 0.1) is 0 Å². The van der Waals surface area contributed by atoms with Gasteiger partial charge in [0.2, 0.25) is 0 Å². The van der Waals surface area contributed by atoms with Gasteiger partial charge in [0.1, 0.15) is 0 Å². The van der Waals surface area contributed by atoms with Crippen molar-refractivity contribution in [3.05, 3.63) is 0 Å². The molecule has 3 heterocycles. The fraction of sp³-hybridized carbons (Fsp3) is 1.00. The minimum absolute atomic E-state index is 0.754. The summed E-state index contributed by atoms with van der Waals surface area (Å²) in [5, 5.41) is 0. The third-order valence-electron chi connectivity index (χ3n) is 8.10. The van der Waals surface area contributed by atoms with E-state index < -0.39 is 163 Å². The Morgan fingerprint density at radius 1 is 0.383 bits per heavy atom. The first-order valence-electron chi connectivity index (χ1n) is 20.6. The normalized spacial score (nSPS) is 32.8. The molecule has 3 aliphatic heterocycles. The maximum Gasteiger partial charge on any atom is 0.548 e. The van der Waals surface area contributed by atoms with E-state index in [0.29, 0.717) is 0 Å². The Labute approximate surface area is 387 Å². The van der Waals surface area contributed by atoms with Gasteiger partial charge in [-0.15, -0.1) is 0 Å². The second-order valence-electron chi connectivity index (χ2n) is 17.9. The largest absolute Gasteiger partial charge is 0.548 e. The van der Waals surface area contributed by atoms with Crippen molar-refractivity contribution in [3.63, 3.8) is 0 Å². The van der Waals surface area contributed by atoms with E-state index in [9.17, 15) is 0 Å². The minimum Gasteiger partial charge on any atom is -0.436 e. The molecular weight excluding hydrogens is 1090 g/mol. The van der Waals surface area contributed by atoms with Crippen LogP contribution in [0.3, 0.4) is 0 Å². The van der Waals surface area contributed by atoms with E-state index in [2.05, 4.69) is 32.7 Å². The predicted octanol–water partition coefficient (Wildman–Crippen LogP) is 2.89. The molecule has 37 heteroatoms. The molecule has 0 aliphatic carbocycles. The second-order valence-corrected chi connectivity index (χ2v) is 66.9. The fourth-order valence-electron chi connectivity index (χ4n) is 6.92. The molecule has 3 aliphatic rings. The molecule has 0 aromatic heterocycles. The van der Waals surface area contributed by atoms with Gasteiger partial charge in [0, 0.05) is 0 Å². The van der Waals surface area contributed by atoms with Gasteiger partial charge in [-0.1, -0.05) is 0 Å². The molecule has 0 bridgehead atoms. The van der Waals surface area contributed by atoms with Crippen molar-refractivity contribution in [2.45, 2.75) is 150 Å². The van der Waals surface area contributed by atoms with Gasteiger partial charge in [-0.05, 0) is 150 Å². The van der Waals surface area contributed by atoms with Gasteiger partial charge in [-0.2, -0.15) is 0 Å². The van der Waals surface area contributed by atoms with Gasteiger partial charge in [0.25, 0.3) is 18.6 Å². The van der Waals surface area contributed by atoms with Gasteiger partial charge < -0.3 is 78.2 Å². The van der Waals surface area contributed by atoms with E-state index in [-0.39, 0.29) is 0 Å². The molecular formula is C23H75O19Si18. The van der Waals surface area contributed by atoms with Crippen molar-refractivity contribution in [1.82, 2.24) is 0 Å². The zero-order valence-electron chi connectivity index (χ0n) is 39.8. The maximum absolute atomic E-state index is 6.93. The topological polar surface area (TPSA) is 175 Å². The van der Waals surface area contributed by atoms with E-state index in [1.165, 1.54) is 0 Å². The molecule has 3 saturated heterocycles. The lowest BCUT2D eigenvalue weighted by molar-refractivity contribution is 0.202. The molecule has 6 unspecified atom stereocenters. The highest BCUT2D eigenvalue weighted by molar-refractivity contribution is 6.90. The average molecular weight is 1160 g/mol. The SMILES string of the molecule is C[SiH]1O[Si](O[Si](C)(C)O[Si](C)(C)O[Si](C)(C)CC[Si]2(C)O[SiH](C)O[Si](O[Si](C)(C)O[Si](C)(C)O[Si](C)(C)O[Si]3O[SiH](C)O[SiH](C)O[SiH](C)O3)O[SiH](C)O2)O[SiH](C)O[SiH](C)O1. The molecule has 0 aromatic carbocycles. The molecule has 353 valence electrons. The summed E-state index contributed by atoms with van der Waals surface area (Å²) in [5.74, 6) is 0. The standard InChI is InChI=1S/C23H75O19Si18/c1-43-24-45(3)28-51(29-46(4)25-43)36-55(11,12)40-58(17,18)39-54(9,10)22-23-60(21)34-49(7)32-53(33-50(8)35-60)38-57(15,16)42-59(19,20)41-56(13,14)37-52-30-47(5)26-44(2)27-48(6)31-52/h43-50H,22-23H2,1-21H3. The zero-order chi connectivity index (χ0) is 45.7. The Hall–Kier alpha value is 3.14. The highest BCUT2D eigenvalue weighted by Gasteiger charge is 2.50. The smallest absolute Gasteiger partial charge is 0.436 e. The van der Waals surface area contributed by atoms with Crippen LogP contribution >= 0.6 is 0 Å². The third-order valence-corrected chi connectivity index (χ3v) is 66.6. The fourth-order valence-corrected chi connectivity index (χ4v) is 72.8. The van der Waals surface area contributed by atoms with Crippen LogP contribution in [-0.2, 0) is 78.2 Å². The average Bonchev–Trinajstić information content (AvgIpc) is 2.94. The van der Waals surface area contributed by atoms with Crippen LogP contribution in [0.15, 0.2) is 0 Å². The Kier molecular flexibility index (Phi) is 22.6. The van der Waals surface area contributed by atoms with E-state index >= 15 is 0 Å². The van der Waals surface area contributed by atoms with E-state index in [0.717, 1.165) is 12.1 Å². The molecule has 0 N–H and O–H groups in total. The molecule has 3 fully saturated rings. The number of rotatable bonds is 17. The summed E-state index contributed by atoms with van der Waals surface area (Å²) < 4.78 is 122. The molecule has 6 atom stereocenters. The van der Waals surface area contributed by atoms with E-state index in [1.54, 1.807) is 0 Å².